The Morgan fingerprint density at radius 2 is 1.94 bits per heavy atom. The van der Waals surface area contributed by atoms with Crippen LogP contribution in [0.1, 0.15) is 18.9 Å². The van der Waals surface area contributed by atoms with Gasteiger partial charge in [-0.3, -0.25) is 0 Å². The number of benzene rings is 1. The molecule has 1 heterocycles. The minimum absolute atomic E-state index is 0.485. The molecular formula is C13H14BrN3O. The monoisotopic (exact) mass is 307 g/mol. The first kappa shape index (κ1) is 12.8. The maximum atomic E-state index is 5.85. The van der Waals surface area contributed by atoms with Gasteiger partial charge >= 0.3 is 0 Å². The number of aromatic nitrogens is 2. The number of rotatable bonds is 4. The summed E-state index contributed by atoms with van der Waals surface area (Å²) in [5.74, 6) is 1.75. The molecule has 94 valence electrons. The lowest BCUT2D eigenvalue weighted by Crippen LogP contribution is -2.02. The molecule has 0 radical (unpaired) electrons. The van der Waals surface area contributed by atoms with Crippen LogP contribution in [0, 0.1) is 0 Å². The van der Waals surface area contributed by atoms with Gasteiger partial charge in [-0.25, -0.2) is 9.97 Å². The summed E-state index contributed by atoms with van der Waals surface area (Å²) < 4.78 is 6.75. The molecule has 18 heavy (non-hydrogen) atoms. The largest absolute Gasteiger partial charge is 0.439 e. The van der Waals surface area contributed by atoms with Gasteiger partial charge in [0.2, 0.25) is 5.88 Å². The van der Waals surface area contributed by atoms with Gasteiger partial charge in [0.1, 0.15) is 17.9 Å². The molecule has 0 aliphatic heterocycles. The summed E-state index contributed by atoms with van der Waals surface area (Å²) in [6.07, 6.45) is 3.19. The molecule has 0 aliphatic rings. The maximum Gasteiger partial charge on any atom is 0.227 e. The molecule has 0 amide bonds. The predicted octanol–water partition coefficient (Wildman–Crippen LogP) is 3.57. The molecular weight excluding hydrogens is 294 g/mol. The van der Waals surface area contributed by atoms with E-state index >= 15 is 0 Å². The van der Waals surface area contributed by atoms with Crippen LogP contribution in [-0.4, -0.2) is 9.97 Å². The molecule has 1 aromatic carbocycles. The predicted molar refractivity (Wildman–Crippen MR) is 74.7 cm³/mol. The normalized spacial score (nSPS) is 10.3. The Kier molecular flexibility index (Phi) is 4.15. The summed E-state index contributed by atoms with van der Waals surface area (Å²) in [5.41, 5.74) is 6.71. The Balaban J connectivity index is 2.28. The average Bonchev–Trinajstić information content (AvgIpc) is 2.36. The van der Waals surface area contributed by atoms with Crippen molar-refractivity contribution in [2.24, 2.45) is 0 Å². The fourth-order valence-corrected chi connectivity index (χ4v) is 1.86. The molecule has 0 unspecified atom stereocenters. The third-order valence-corrected chi connectivity index (χ3v) is 3.00. The van der Waals surface area contributed by atoms with Gasteiger partial charge in [-0.15, -0.1) is 0 Å². The number of nitrogens with zero attached hydrogens (tertiary/aromatic N) is 2. The molecule has 0 saturated heterocycles. The molecule has 2 rings (SSSR count). The molecule has 2 N–H and O–H groups in total. The summed E-state index contributed by atoms with van der Waals surface area (Å²) >= 11 is 3.38. The molecule has 2 aromatic rings. The van der Waals surface area contributed by atoms with Gasteiger partial charge in [0.25, 0.3) is 0 Å². The van der Waals surface area contributed by atoms with E-state index in [0.29, 0.717) is 11.7 Å². The van der Waals surface area contributed by atoms with Crippen LogP contribution >= 0.6 is 15.9 Å². The second-order valence-electron chi connectivity index (χ2n) is 3.85. The maximum absolute atomic E-state index is 5.85. The van der Waals surface area contributed by atoms with Crippen LogP contribution in [0.15, 0.2) is 35.1 Å². The molecule has 5 heteroatoms. The highest BCUT2D eigenvalue weighted by molar-refractivity contribution is 9.10. The first-order chi connectivity index (χ1) is 8.70. The Morgan fingerprint density at radius 1 is 1.22 bits per heavy atom. The van der Waals surface area contributed by atoms with E-state index in [0.717, 1.165) is 28.6 Å². The summed E-state index contributed by atoms with van der Waals surface area (Å²) in [5, 5.41) is 0. The van der Waals surface area contributed by atoms with E-state index in [-0.39, 0.29) is 0 Å². The number of hydrogen-bond acceptors (Lipinski definition) is 4. The van der Waals surface area contributed by atoms with Gasteiger partial charge in [-0.1, -0.05) is 29.3 Å². The molecule has 4 nitrogen and oxygen atoms in total. The third kappa shape index (κ3) is 2.98. The number of nitrogens with two attached hydrogens (primary N) is 1. The zero-order valence-corrected chi connectivity index (χ0v) is 11.6. The van der Waals surface area contributed by atoms with Crippen molar-refractivity contribution in [3.63, 3.8) is 0 Å². The van der Waals surface area contributed by atoms with Crippen molar-refractivity contribution in [2.75, 3.05) is 5.73 Å². The second kappa shape index (κ2) is 5.82. The Hall–Kier alpha value is -1.62. The van der Waals surface area contributed by atoms with Crippen molar-refractivity contribution in [3.05, 3.63) is 40.6 Å². The van der Waals surface area contributed by atoms with E-state index in [1.54, 1.807) is 0 Å². The summed E-state index contributed by atoms with van der Waals surface area (Å²) in [6, 6.07) is 7.58. The van der Waals surface area contributed by atoms with Gasteiger partial charge in [0.05, 0.1) is 5.56 Å². The van der Waals surface area contributed by atoms with Gasteiger partial charge in [-0.2, -0.15) is 0 Å². The number of halogens is 1. The number of ether oxygens (including phenoxy) is 1. The van der Waals surface area contributed by atoms with E-state index in [1.807, 2.05) is 24.3 Å². The molecule has 0 spiro atoms. The number of anilines is 1. The lowest BCUT2D eigenvalue weighted by atomic mass is 10.2. The highest BCUT2D eigenvalue weighted by Gasteiger charge is 2.10. The summed E-state index contributed by atoms with van der Waals surface area (Å²) in [7, 11) is 0. The minimum atomic E-state index is 0.485. The zero-order chi connectivity index (χ0) is 13.0. The molecule has 0 atom stereocenters. The first-order valence-corrected chi connectivity index (χ1v) is 6.52. The quantitative estimate of drug-likeness (QED) is 0.938. The molecule has 0 bridgehead atoms. The van der Waals surface area contributed by atoms with E-state index in [4.69, 9.17) is 10.5 Å². The molecule has 0 aliphatic carbocycles. The average molecular weight is 308 g/mol. The van der Waals surface area contributed by atoms with Crippen LogP contribution in [0.2, 0.25) is 0 Å². The van der Waals surface area contributed by atoms with Gasteiger partial charge in [0.15, 0.2) is 0 Å². The minimum Gasteiger partial charge on any atom is -0.439 e. The lowest BCUT2D eigenvalue weighted by Gasteiger charge is -2.10. The Bertz CT molecular complexity index is 528. The van der Waals surface area contributed by atoms with E-state index in [9.17, 15) is 0 Å². The Morgan fingerprint density at radius 3 is 2.61 bits per heavy atom. The second-order valence-corrected chi connectivity index (χ2v) is 4.76. The highest BCUT2D eigenvalue weighted by Crippen LogP contribution is 2.27. The number of nitrogen functional groups attached to an aromatic ring is 1. The van der Waals surface area contributed by atoms with Crippen LogP contribution in [0.4, 0.5) is 5.82 Å². The lowest BCUT2D eigenvalue weighted by molar-refractivity contribution is 0.454. The van der Waals surface area contributed by atoms with Gasteiger partial charge in [-0.05, 0) is 30.7 Å². The summed E-state index contributed by atoms with van der Waals surface area (Å²) in [6.45, 7) is 2.08. The fourth-order valence-electron chi connectivity index (χ4n) is 1.60. The molecule has 1 aromatic heterocycles. The number of hydrogen-bond donors (Lipinski definition) is 1. The van der Waals surface area contributed by atoms with Crippen molar-refractivity contribution >= 4 is 21.7 Å². The standard InChI is InChI=1S/C13H14BrN3O/c1-2-3-11-12(15)16-8-17-13(11)18-10-6-4-9(14)5-7-10/h4-8H,2-3H2,1H3,(H2,15,16,17). The van der Waals surface area contributed by atoms with Crippen molar-refractivity contribution in [1.29, 1.82) is 0 Å². The topological polar surface area (TPSA) is 61.0 Å². The molecule has 0 saturated carbocycles. The van der Waals surface area contributed by atoms with Crippen molar-refractivity contribution in [2.45, 2.75) is 19.8 Å². The van der Waals surface area contributed by atoms with Crippen LogP contribution in [0.25, 0.3) is 0 Å². The van der Waals surface area contributed by atoms with Crippen LogP contribution in [0.3, 0.4) is 0 Å². The Labute approximate surface area is 114 Å². The van der Waals surface area contributed by atoms with Gasteiger partial charge < -0.3 is 10.5 Å². The van der Waals surface area contributed by atoms with Crippen LogP contribution in [-0.2, 0) is 6.42 Å². The van der Waals surface area contributed by atoms with E-state index < -0.39 is 0 Å². The van der Waals surface area contributed by atoms with Crippen molar-refractivity contribution in [1.82, 2.24) is 9.97 Å². The third-order valence-electron chi connectivity index (χ3n) is 2.47. The smallest absolute Gasteiger partial charge is 0.227 e. The van der Waals surface area contributed by atoms with Gasteiger partial charge in [0, 0.05) is 4.47 Å². The van der Waals surface area contributed by atoms with E-state index in [2.05, 4.69) is 32.8 Å². The first-order valence-electron chi connectivity index (χ1n) is 5.73. The van der Waals surface area contributed by atoms with Crippen LogP contribution < -0.4 is 10.5 Å². The van der Waals surface area contributed by atoms with Crippen molar-refractivity contribution < 1.29 is 4.74 Å². The molecule has 0 fully saturated rings. The fraction of sp³-hybridized carbons (Fsp3) is 0.231. The zero-order valence-electron chi connectivity index (χ0n) is 10.1. The van der Waals surface area contributed by atoms with Crippen LogP contribution in [0.5, 0.6) is 11.6 Å². The highest BCUT2D eigenvalue weighted by atomic mass is 79.9. The summed E-state index contributed by atoms with van der Waals surface area (Å²) in [4.78, 5) is 8.14. The van der Waals surface area contributed by atoms with Crippen molar-refractivity contribution in [3.8, 4) is 11.6 Å². The van der Waals surface area contributed by atoms with E-state index in [1.165, 1.54) is 6.33 Å². The SMILES string of the molecule is CCCc1c(N)ncnc1Oc1ccc(Br)cc1.